The van der Waals surface area contributed by atoms with Gasteiger partial charge >= 0.3 is 0 Å². The predicted molar refractivity (Wildman–Crippen MR) is 553 cm³/mol. The van der Waals surface area contributed by atoms with Crippen molar-refractivity contribution in [3.8, 4) is 135 Å². The number of benzene rings is 9. The second-order valence-corrected chi connectivity index (χ2v) is 33.7. The summed E-state index contributed by atoms with van der Waals surface area (Å²) < 4.78 is 0. The van der Waals surface area contributed by atoms with Gasteiger partial charge in [-0.3, -0.25) is 54.8 Å². The molecule has 18 aromatic heterocycles. The highest BCUT2D eigenvalue weighted by Gasteiger charge is 2.21. The number of nitrogens with zero attached hydrogens (tertiary/aromatic N) is 19. The van der Waals surface area contributed by atoms with E-state index in [0.717, 1.165) is 249 Å². The summed E-state index contributed by atoms with van der Waals surface area (Å²) in [5.41, 5.74) is 31.5. The fraction of sp³-hybridized carbons (Fsp3) is 0. The second kappa shape index (κ2) is 34.8. The van der Waals surface area contributed by atoms with Crippen molar-refractivity contribution in [2.45, 2.75) is 0 Å². The highest BCUT2D eigenvalue weighted by atomic mass is 14.9. The van der Waals surface area contributed by atoms with E-state index in [1.54, 1.807) is 31.0 Å². The van der Waals surface area contributed by atoms with Crippen molar-refractivity contribution < 1.29 is 0 Å². The maximum atomic E-state index is 5.18. The van der Waals surface area contributed by atoms with Crippen LogP contribution in [-0.4, -0.2) is 94.7 Å². The molecule has 18 heterocycles. The van der Waals surface area contributed by atoms with Gasteiger partial charge in [0.15, 0.2) is 5.82 Å². The van der Waals surface area contributed by atoms with Crippen LogP contribution in [0.1, 0.15) is 0 Å². The predicted octanol–water partition coefficient (Wildman–Crippen LogP) is 27.4. The molecular formula is C119H71N19. The summed E-state index contributed by atoms with van der Waals surface area (Å²) in [4.78, 5) is 91.3. The van der Waals surface area contributed by atoms with Crippen LogP contribution in [0.15, 0.2) is 433 Å². The number of fused-ring (bicyclic) bond motifs is 18. The first kappa shape index (κ1) is 80.8. The van der Waals surface area contributed by atoms with E-state index >= 15 is 0 Å². The number of rotatable bonds is 12. The van der Waals surface area contributed by atoms with Crippen LogP contribution in [0, 0.1) is 0 Å². The lowest BCUT2D eigenvalue weighted by molar-refractivity contribution is 1.16. The molecule has 27 aromatic rings. The first-order valence-corrected chi connectivity index (χ1v) is 45.1. The van der Waals surface area contributed by atoms with E-state index in [4.69, 9.17) is 49.8 Å². The molecule has 0 amide bonds. The largest absolute Gasteiger partial charge is 0.264 e. The Morgan fingerprint density at radius 2 is 0.348 bits per heavy atom. The van der Waals surface area contributed by atoms with Crippen molar-refractivity contribution in [2.24, 2.45) is 0 Å². The zero-order chi connectivity index (χ0) is 91.4. The summed E-state index contributed by atoms with van der Waals surface area (Å²) in [6.45, 7) is 0. The van der Waals surface area contributed by atoms with Crippen LogP contribution in [0.2, 0.25) is 0 Å². The van der Waals surface area contributed by atoms with Gasteiger partial charge in [0.1, 0.15) is 0 Å². The zero-order valence-electron chi connectivity index (χ0n) is 73.5. The summed E-state index contributed by atoms with van der Waals surface area (Å²) in [6.07, 6.45) is 25.6. The van der Waals surface area contributed by atoms with Crippen molar-refractivity contribution in [3.05, 3.63) is 433 Å². The zero-order valence-corrected chi connectivity index (χ0v) is 73.5. The first-order valence-electron chi connectivity index (χ1n) is 45.1. The Bertz CT molecular complexity index is 8700. The number of aromatic nitrogens is 19. The molecule has 9 aromatic carbocycles. The molecule has 0 fully saturated rings. The van der Waals surface area contributed by atoms with Crippen LogP contribution in [0.3, 0.4) is 0 Å². The summed E-state index contributed by atoms with van der Waals surface area (Å²) in [7, 11) is 0. The Morgan fingerprint density at radius 3 is 0.645 bits per heavy atom. The first-order chi connectivity index (χ1) is 68.3. The second-order valence-electron chi connectivity index (χ2n) is 33.7. The van der Waals surface area contributed by atoms with E-state index < -0.39 is 0 Å². The summed E-state index contributed by atoms with van der Waals surface area (Å²) in [5, 5.41) is 12.5. The third-order valence-corrected chi connectivity index (χ3v) is 25.2. The van der Waals surface area contributed by atoms with Crippen molar-refractivity contribution >= 4 is 131 Å². The van der Waals surface area contributed by atoms with Crippen LogP contribution in [0.5, 0.6) is 0 Å². The van der Waals surface area contributed by atoms with E-state index in [-0.39, 0.29) is 0 Å². The lowest BCUT2D eigenvalue weighted by atomic mass is 9.98. The lowest BCUT2D eigenvalue weighted by Crippen LogP contribution is -1.99. The smallest absolute Gasteiger partial charge is 0.160 e. The van der Waals surface area contributed by atoms with Gasteiger partial charge in [-0.1, -0.05) is 224 Å². The van der Waals surface area contributed by atoms with Crippen LogP contribution >= 0.6 is 0 Å². The number of pyridine rings is 17. The Morgan fingerprint density at radius 1 is 0.116 bits per heavy atom. The molecule has 0 saturated carbocycles. The molecule has 19 heteroatoms. The summed E-state index contributed by atoms with van der Waals surface area (Å²) in [5.74, 6) is 0.584. The van der Waals surface area contributed by atoms with Gasteiger partial charge in [-0.25, -0.2) is 39.9 Å². The minimum absolute atomic E-state index is 0.584. The van der Waals surface area contributed by atoms with Gasteiger partial charge in [0.2, 0.25) is 0 Å². The van der Waals surface area contributed by atoms with Crippen molar-refractivity contribution in [3.63, 3.8) is 0 Å². The minimum Gasteiger partial charge on any atom is -0.264 e. The maximum Gasteiger partial charge on any atom is 0.160 e. The van der Waals surface area contributed by atoms with Crippen LogP contribution in [0.4, 0.5) is 0 Å². The molecule has 0 aliphatic carbocycles. The van der Waals surface area contributed by atoms with Gasteiger partial charge in [-0.05, 0) is 177 Å². The molecule has 19 nitrogen and oxygen atoms in total. The topological polar surface area (TPSA) is 245 Å². The van der Waals surface area contributed by atoms with Crippen LogP contribution in [-0.2, 0) is 0 Å². The molecular weight excluding hydrogens is 1700 g/mol. The molecule has 0 atom stereocenters. The summed E-state index contributed by atoms with van der Waals surface area (Å²) in [6, 6.07) is 118. The Hall–Kier alpha value is -19.3. The van der Waals surface area contributed by atoms with E-state index in [1.165, 1.54) is 0 Å². The van der Waals surface area contributed by atoms with Gasteiger partial charge in [0, 0.05) is 168 Å². The average molecular weight is 1770 g/mol. The lowest BCUT2D eigenvalue weighted by Gasteiger charge is -2.12. The quantitative estimate of drug-likeness (QED) is 0.103. The third kappa shape index (κ3) is 15.6. The third-order valence-electron chi connectivity index (χ3n) is 25.2. The number of hydrogen-bond acceptors (Lipinski definition) is 19. The Balaban J connectivity index is 0.000000110. The van der Waals surface area contributed by atoms with Gasteiger partial charge in [0.05, 0.1) is 123 Å². The highest BCUT2D eigenvalue weighted by molar-refractivity contribution is 6.09. The maximum absolute atomic E-state index is 5.18. The molecule has 138 heavy (non-hydrogen) atoms. The molecule has 0 aliphatic rings. The molecule has 0 N–H and O–H groups in total. The average Bonchev–Trinajstić information content (AvgIpc) is 0.742. The fourth-order valence-corrected chi connectivity index (χ4v) is 18.1. The molecule has 642 valence electrons. The molecule has 0 bridgehead atoms. The standard InChI is InChI=1S/2C40H24N6.C39H23N7/c1-6-31(24-41-19-1)25-7-9-26(10-8-25)32-22-35(33-17-15-29-13-11-27-4-2-20-42-37(27)39(29)45-33)44-36(23-32)34-18-16-30-14-12-28-5-3-21-43-38(28)40(30)46-34;1-6-31(22-41-15-1)25-7-9-26(10-8-25)32-20-35(33-18-29-13-11-27-4-2-16-42-37(27)39(29)44-23-33)46-36(21-32)34-19-30-14-12-28-5-3-17-43-38(28)40(30)45-24-34;1-6-30(23-40-19-1)24-7-13-29(14-8-24)39-45-33(31-17-15-27-11-9-25-4-2-20-41-35(25)37(27)43-31)22-34(46-39)32-18-16-28-12-10-26-5-3-21-42-36(26)38(28)44-32/h2*1-24H;1-23H. The molecule has 0 spiro atoms. The van der Waals surface area contributed by atoms with Gasteiger partial charge in [-0.15, -0.1) is 0 Å². The number of hydrogen-bond donors (Lipinski definition) is 0. The summed E-state index contributed by atoms with van der Waals surface area (Å²) >= 11 is 0. The minimum atomic E-state index is 0.584. The molecule has 0 aliphatic heterocycles. The van der Waals surface area contributed by atoms with Crippen molar-refractivity contribution in [2.75, 3.05) is 0 Å². The van der Waals surface area contributed by atoms with E-state index in [2.05, 4.69) is 288 Å². The van der Waals surface area contributed by atoms with E-state index in [0.29, 0.717) is 17.2 Å². The van der Waals surface area contributed by atoms with Crippen LogP contribution < -0.4 is 0 Å². The normalized spacial score (nSPS) is 11.5. The Kier molecular flexibility index (Phi) is 20.4. The highest BCUT2D eigenvalue weighted by Crippen LogP contribution is 2.40. The van der Waals surface area contributed by atoms with Crippen LogP contribution in [0.25, 0.3) is 266 Å². The van der Waals surface area contributed by atoms with Gasteiger partial charge in [0.25, 0.3) is 0 Å². The molecule has 27 rings (SSSR count). The van der Waals surface area contributed by atoms with Gasteiger partial charge in [-0.2, -0.15) is 0 Å². The Labute approximate surface area is 788 Å². The fourth-order valence-electron chi connectivity index (χ4n) is 18.1. The molecule has 0 radical (unpaired) electrons. The van der Waals surface area contributed by atoms with Gasteiger partial charge < -0.3 is 0 Å². The molecule has 0 unspecified atom stereocenters. The SMILES string of the molecule is c1cncc(-c2ccc(-c3cc(-c4ccc5ccc6cccnc6c5n4)nc(-c4ccc5ccc6cccnc6c5n4)c3)cc2)c1.c1cncc(-c2ccc(-c3cc(-c4cnc5c(ccc6cccnc65)c4)nc(-c4cnc5c(ccc6cccnc65)c4)c3)cc2)c1.c1cncc(-c2ccc(-c3nc(-c4ccc5ccc6cccnc6c5n4)cc(-c4ccc5ccc6cccnc6c5n4)n3)cc2)c1. The van der Waals surface area contributed by atoms with E-state index in [9.17, 15) is 0 Å². The van der Waals surface area contributed by atoms with E-state index in [1.807, 2.05) is 159 Å². The monoisotopic (exact) mass is 1770 g/mol. The van der Waals surface area contributed by atoms with Crippen molar-refractivity contribution in [1.82, 2.24) is 94.7 Å². The molecule has 0 saturated heterocycles. The van der Waals surface area contributed by atoms with Crippen molar-refractivity contribution in [1.29, 1.82) is 0 Å².